The van der Waals surface area contributed by atoms with Gasteiger partial charge in [0.15, 0.2) is 0 Å². The molecule has 0 bridgehead atoms. The van der Waals surface area contributed by atoms with Crippen LogP contribution in [0.5, 0.6) is 0 Å². The van der Waals surface area contributed by atoms with Gasteiger partial charge in [0.1, 0.15) is 11.3 Å². The molecule has 1 heterocycles. The average molecular weight is 442 g/mol. The summed E-state index contributed by atoms with van der Waals surface area (Å²) in [5, 5.41) is 14.9. The van der Waals surface area contributed by atoms with E-state index in [0.29, 0.717) is 43.3 Å². The molecule has 2 atom stereocenters. The SMILES string of the molecule is CCOCCO[C@@H]1CC[C@@]2(C1)NC(=O)C(c1cc(-c3ccc(Cl)cc3)ccc1C)=C2O. The molecule has 6 heteroatoms. The predicted molar refractivity (Wildman–Crippen MR) is 122 cm³/mol. The molecular formula is C25H28ClNO4. The lowest BCUT2D eigenvalue weighted by Crippen LogP contribution is -2.42. The van der Waals surface area contributed by atoms with E-state index in [4.69, 9.17) is 21.1 Å². The molecule has 4 rings (SSSR count). The number of carbonyl (C=O) groups excluding carboxylic acids is 1. The van der Waals surface area contributed by atoms with E-state index in [0.717, 1.165) is 28.7 Å². The number of ether oxygens (including phenoxy) is 2. The third-order valence-electron chi connectivity index (χ3n) is 6.21. The summed E-state index contributed by atoms with van der Waals surface area (Å²) in [4.78, 5) is 13.0. The second-order valence-electron chi connectivity index (χ2n) is 8.23. The Morgan fingerprint density at radius 2 is 1.90 bits per heavy atom. The Labute approximate surface area is 188 Å². The summed E-state index contributed by atoms with van der Waals surface area (Å²) in [5.74, 6) is -0.103. The van der Waals surface area contributed by atoms with Gasteiger partial charge in [0.25, 0.3) is 5.91 Å². The first-order valence-corrected chi connectivity index (χ1v) is 11.1. The molecule has 1 aliphatic heterocycles. The van der Waals surface area contributed by atoms with Crippen molar-refractivity contribution in [2.24, 2.45) is 0 Å². The molecule has 0 radical (unpaired) electrons. The van der Waals surface area contributed by atoms with Crippen LogP contribution in [0.4, 0.5) is 0 Å². The van der Waals surface area contributed by atoms with Crippen LogP contribution < -0.4 is 5.32 Å². The highest BCUT2D eigenvalue weighted by Gasteiger charge is 2.51. The van der Waals surface area contributed by atoms with Crippen LogP contribution in [0, 0.1) is 6.92 Å². The lowest BCUT2D eigenvalue weighted by Gasteiger charge is -2.24. The van der Waals surface area contributed by atoms with Crippen molar-refractivity contribution in [3.05, 3.63) is 64.4 Å². The van der Waals surface area contributed by atoms with E-state index in [1.807, 2.05) is 56.3 Å². The molecule has 1 amide bonds. The largest absolute Gasteiger partial charge is 0.509 e. The number of nitrogens with one attached hydrogen (secondary N) is 1. The average Bonchev–Trinajstić information content (AvgIpc) is 3.27. The molecule has 164 valence electrons. The molecule has 2 aromatic carbocycles. The Hall–Kier alpha value is -2.34. The van der Waals surface area contributed by atoms with Crippen LogP contribution in [0.15, 0.2) is 48.2 Å². The van der Waals surface area contributed by atoms with Crippen molar-refractivity contribution >= 4 is 23.1 Å². The van der Waals surface area contributed by atoms with Crippen molar-refractivity contribution < 1.29 is 19.4 Å². The minimum atomic E-state index is -0.745. The Kier molecular flexibility index (Phi) is 6.37. The van der Waals surface area contributed by atoms with Gasteiger partial charge in [0, 0.05) is 18.1 Å². The molecule has 1 saturated carbocycles. The number of aliphatic hydroxyl groups excluding tert-OH is 1. The zero-order chi connectivity index (χ0) is 22.0. The van der Waals surface area contributed by atoms with Gasteiger partial charge in [-0.1, -0.05) is 35.9 Å². The molecule has 1 spiro atoms. The molecule has 31 heavy (non-hydrogen) atoms. The number of rotatable bonds is 7. The minimum absolute atomic E-state index is 0.0104. The molecule has 2 N–H and O–H groups in total. The summed E-state index contributed by atoms with van der Waals surface area (Å²) in [6.07, 6.45) is 2.00. The quantitative estimate of drug-likeness (QED) is 0.589. The third-order valence-corrected chi connectivity index (χ3v) is 6.46. The summed E-state index contributed by atoms with van der Waals surface area (Å²) in [6, 6.07) is 13.5. The molecule has 2 aliphatic rings. The Bertz CT molecular complexity index is 1000. The molecule has 1 aliphatic carbocycles. The number of benzene rings is 2. The number of aryl methyl sites for hydroxylation is 1. The van der Waals surface area contributed by atoms with Gasteiger partial charge in [-0.2, -0.15) is 0 Å². The van der Waals surface area contributed by atoms with E-state index in [1.165, 1.54) is 0 Å². The predicted octanol–water partition coefficient (Wildman–Crippen LogP) is 5.06. The maximum absolute atomic E-state index is 13.0. The molecule has 1 fully saturated rings. The van der Waals surface area contributed by atoms with E-state index in [-0.39, 0.29) is 17.8 Å². The second kappa shape index (κ2) is 9.03. The Morgan fingerprint density at radius 1 is 1.16 bits per heavy atom. The van der Waals surface area contributed by atoms with Gasteiger partial charge in [-0.05, 0) is 67.1 Å². The number of halogens is 1. The van der Waals surface area contributed by atoms with Crippen LogP contribution in [0.2, 0.25) is 5.02 Å². The van der Waals surface area contributed by atoms with E-state index < -0.39 is 5.54 Å². The van der Waals surface area contributed by atoms with Crippen LogP contribution in [0.25, 0.3) is 16.7 Å². The number of aliphatic hydroxyl groups is 1. The molecule has 5 nitrogen and oxygen atoms in total. The highest BCUT2D eigenvalue weighted by atomic mass is 35.5. The highest BCUT2D eigenvalue weighted by molar-refractivity contribution is 6.30. The van der Waals surface area contributed by atoms with Gasteiger partial charge >= 0.3 is 0 Å². The van der Waals surface area contributed by atoms with Crippen molar-refractivity contribution in [2.45, 2.75) is 44.8 Å². The monoisotopic (exact) mass is 441 g/mol. The Morgan fingerprint density at radius 3 is 2.65 bits per heavy atom. The van der Waals surface area contributed by atoms with E-state index in [1.54, 1.807) is 0 Å². The van der Waals surface area contributed by atoms with Crippen molar-refractivity contribution in [3.63, 3.8) is 0 Å². The minimum Gasteiger partial charge on any atom is -0.509 e. The van der Waals surface area contributed by atoms with Gasteiger partial charge in [-0.25, -0.2) is 0 Å². The standard InChI is InChI=1S/C25H28ClNO4/c1-3-30-12-13-31-20-10-11-25(15-20)23(28)22(24(29)27-25)21-14-18(5-4-16(21)2)17-6-8-19(26)9-7-17/h4-9,14,20,28H,3,10-13,15H2,1-2H3,(H,27,29)/t20-,25+/m1/s1. The molecular weight excluding hydrogens is 414 g/mol. The molecule has 0 aromatic heterocycles. The summed E-state index contributed by atoms with van der Waals surface area (Å²) in [6.45, 7) is 5.63. The number of carbonyl (C=O) groups is 1. The first kappa shape index (κ1) is 21.9. The zero-order valence-electron chi connectivity index (χ0n) is 17.9. The fourth-order valence-corrected chi connectivity index (χ4v) is 4.66. The lowest BCUT2D eigenvalue weighted by molar-refractivity contribution is -0.116. The van der Waals surface area contributed by atoms with Crippen LogP contribution in [-0.4, -0.2) is 42.5 Å². The number of hydrogen-bond donors (Lipinski definition) is 2. The maximum atomic E-state index is 13.0. The van der Waals surface area contributed by atoms with Gasteiger partial charge in [-0.3, -0.25) is 4.79 Å². The Balaban J connectivity index is 1.60. The van der Waals surface area contributed by atoms with Crippen LogP contribution >= 0.6 is 11.6 Å². The van der Waals surface area contributed by atoms with Gasteiger partial charge in [0.05, 0.1) is 24.9 Å². The highest BCUT2D eigenvalue weighted by Crippen LogP contribution is 2.44. The second-order valence-corrected chi connectivity index (χ2v) is 8.67. The van der Waals surface area contributed by atoms with Gasteiger partial charge in [-0.15, -0.1) is 0 Å². The summed E-state index contributed by atoms with van der Waals surface area (Å²) in [5.41, 5.74) is 3.28. The van der Waals surface area contributed by atoms with Gasteiger partial charge in [0.2, 0.25) is 0 Å². The van der Waals surface area contributed by atoms with Crippen LogP contribution in [0.3, 0.4) is 0 Å². The zero-order valence-corrected chi connectivity index (χ0v) is 18.7. The van der Waals surface area contributed by atoms with E-state index in [9.17, 15) is 9.90 Å². The topological polar surface area (TPSA) is 67.8 Å². The smallest absolute Gasteiger partial charge is 0.256 e. The fraction of sp³-hybridized carbons (Fsp3) is 0.400. The van der Waals surface area contributed by atoms with E-state index in [2.05, 4.69) is 5.32 Å². The van der Waals surface area contributed by atoms with Gasteiger partial charge < -0.3 is 19.9 Å². The van der Waals surface area contributed by atoms with Crippen molar-refractivity contribution in [2.75, 3.05) is 19.8 Å². The first-order chi connectivity index (χ1) is 14.9. The molecule has 0 unspecified atom stereocenters. The number of amides is 1. The van der Waals surface area contributed by atoms with Crippen molar-refractivity contribution in [3.8, 4) is 11.1 Å². The van der Waals surface area contributed by atoms with Crippen LogP contribution in [-0.2, 0) is 14.3 Å². The van der Waals surface area contributed by atoms with Crippen LogP contribution in [0.1, 0.15) is 37.3 Å². The summed E-state index contributed by atoms with van der Waals surface area (Å²) < 4.78 is 11.2. The number of hydrogen-bond acceptors (Lipinski definition) is 4. The molecule has 2 aromatic rings. The van der Waals surface area contributed by atoms with Crippen molar-refractivity contribution in [1.29, 1.82) is 0 Å². The van der Waals surface area contributed by atoms with E-state index >= 15 is 0 Å². The summed E-state index contributed by atoms with van der Waals surface area (Å²) in [7, 11) is 0. The van der Waals surface area contributed by atoms with Crippen molar-refractivity contribution in [1.82, 2.24) is 5.32 Å². The third kappa shape index (κ3) is 4.36. The first-order valence-electron chi connectivity index (χ1n) is 10.8. The fourth-order valence-electron chi connectivity index (χ4n) is 4.54. The summed E-state index contributed by atoms with van der Waals surface area (Å²) >= 11 is 6.02. The normalized spacial score (nSPS) is 23.1. The maximum Gasteiger partial charge on any atom is 0.256 e. The lowest BCUT2D eigenvalue weighted by atomic mass is 9.91. The molecule has 0 saturated heterocycles.